The molecule has 2 aromatic heterocycles. The highest BCUT2D eigenvalue weighted by molar-refractivity contribution is 6.00. The number of hydrogen-bond acceptors (Lipinski definition) is 27. The molecule has 792 valence electrons. The fourth-order valence-corrected chi connectivity index (χ4v) is 17.7. The third-order valence-electron chi connectivity index (χ3n) is 26.0. The summed E-state index contributed by atoms with van der Waals surface area (Å²) in [6.07, 6.45) is -2.69. The Hall–Kier alpha value is -13.8. The molecule has 15 N–H and O–H groups in total. The van der Waals surface area contributed by atoms with Crippen LogP contribution in [0.2, 0.25) is 0 Å². The quantitative estimate of drug-likeness (QED) is 0.0192. The van der Waals surface area contributed by atoms with Crippen molar-refractivity contribution in [3.8, 4) is 0 Å². The average Bonchev–Trinajstić information content (AvgIpc) is 1.68. The lowest BCUT2D eigenvalue weighted by Crippen LogP contribution is -2.59. The number of rotatable bonds is 54. The largest absolute Gasteiger partial charge is 0.481 e. The van der Waals surface area contributed by atoms with Crippen LogP contribution in [-0.2, 0) is 108 Å². The van der Waals surface area contributed by atoms with Crippen molar-refractivity contribution in [2.45, 2.75) is 245 Å². The van der Waals surface area contributed by atoms with Crippen molar-refractivity contribution < 1.29 is 101 Å². The number of fused-ring (bicyclic) bond motifs is 4. The molecule has 1 saturated heterocycles. The van der Waals surface area contributed by atoms with Crippen LogP contribution in [0.3, 0.4) is 0 Å². The van der Waals surface area contributed by atoms with Crippen LogP contribution >= 0.6 is 0 Å². The number of aliphatic carboxylic acids is 2. The molecule has 0 bridgehead atoms. The smallest absolute Gasteiger partial charge is 0.308 e. The number of aromatic amines is 2. The minimum Gasteiger partial charge on any atom is -0.481 e. The Kier molecular flexibility index (Phi) is 46.1. The molecule has 3 aliphatic heterocycles. The van der Waals surface area contributed by atoms with Gasteiger partial charge in [0.05, 0.1) is 68.8 Å². The van der Waals surface area contributed by atoms with E-state index in [9.17, 15) is 82.1 Å². The SMILES string of the molecule is CCC[C@H](NC(=O)CCC(NC(=O)[C@H](CCC)NC(=O)[C@H](CCC)NC(=O)CN1CCN(CC)CCN(CC)CCN(CC)CC1)C(=O)N[C@@H](CCC)C(=O)N[C@@H](CCC(=O)O)C(=O)NCCCN1Cc2cc(C(=O)N(C)Cc3nc4ccccc4[nH]3)ccc2N[C@@H](CC(=O)OC)C1=O)C(=O)N[C@@H](CCC(=O)O)C(=O)NCCCN1Cc2cc(C(=O)N(C)Cc3nc4ccccc4[nH]3)ccc2N[C@@H](CC(=O)OC)C1=O. The third-order valence-corrected chi connectivity index (χ3v) is 26.0. The van der Waals surface area contributed by atoms with Gasteiger partial charge in [-0.25, -0.2) is 9.97 Å². The first-order chi connectivity index (χ1) is 69.6. The molecule has 6 aromatic rings. The molecule has 9 atom stereocenters. The van der Waals surface area contributed by atoms with E-state index in [1.54, 1.807) is 71.3 Å². The lowest BCUT2D eigenvalue weighted by molar-refractivity contribution is -0.144. The molecular formula is C101H147N23O21. The summed E-state index contributed by atoms with van der Waals surface area (Å²) < 4.78 is 9.88. The maximum Gasteiger partial charge on any atom is 0.308 e. The normalized spacial score (nSPS) is 16.5. The van der Waals surface area contributed by atoms with Gasteiger partial charge in [-0.1, -0.05) is 98.4 Å². The van der Waals surface area contributed by atoms with E-state index in [2.05, 4.69) is 119 Å². The number of methoxy groups -OCH3 is 2. The summed E-state index contributed by atoms with van der Waals surface area (Å²) in [4.78, 5) is 269. The van der Waals surface area contributed by atoms with Crippen molar-refractivity contribution in [3.63, 3.8) is 0 Å². The highest BCUT2D eigenvalue weighted by Crippen LogP contribution is 2.30. The van der Waals surface area contributed by atoms with Gasteiger partial charge in [-0.15, -0.1) is 0 Å². The first-order valence-corrected chi connectivity index (χ1v) is 50.5. The Bertz CT molecular complexity index is 5350. The molecule has 44 heteroatoms. The van der Waals surface area contributed by atoms with Crippen LogP contribution < -0.4 is 58.5 Å². The number of benzene rings is 4. The maximum atomic E-state index is 15.2. The number of ether oxygens (including phenoxy) is 2. The first kappa shape index (κ1) is 115. The van der Waals surface area contributed by atoms with Gasteiger partial charge in [0.15, 0.2) is 0 Å². The average molecular weight is 2020 g/mol. The lowest BCUT2D eigenvalue weighted by atomic mass is 10.0. The highest BCUT2D eigenvalue weighted by Gasteiger charge is 2.39. The molecule has 1 fully saturated rings. The second-order valence-electron chi connectivity index (χ2n) is 36.9. The van der Waals surface area contributed by atoms with Crippen molar-refractivity contribution in [2.75, 3.05) is 144 Å². The minimum absolute atomic E-state index is 0.00905. The standard InChI is InChI=1S/C101H147N23O21/c1-12-25-74(93(135)114-78(38-41-87(127)128)91(133)102-43-23-45-123-59-66-55-64(33-35-68(66)104-81(100(123)142)57-89(131)144-10)98(140)117(8)61-83-106-70-29-19-20-30-71(70)107-83)110-85(125)40-37-80(116-96(138)77(28-15-4)112-94(136)75(26-13-2)111-86(126)63-122-53-51-120(17-6)49-47-119(16-5)48-50-121(18-7)52-54-122)97(139)113-76(27-14-3)95(137)115-79(39-42-88(129)130)92(134)103-44-24-46-124-60-67-56-65(34-36-69(67)105-82(101(124)143)58-90(132)145-11)99(141)118(9)62-84-108-72-31-21-22-32-73(72)109-84/h19-22,29-36,55-56,74-82,104-105H,12-18,23-28,37-54,57-63H2,1-11H3,(H,102,133)(H,103,134)(H,106,107)(H,108,109)(H,110,125)(H,111,126)(H,112,136)(H,113,139)(H,114,135)(H,115,137)(H,116,138)(H,127,128)(H,129,130)/t74-,75-,76-,77-,78-,79-,80?,81-,82-/m0/s1. The molecule has 0 saturated carbocycles. The summed E-state index contributed by atoms with van der Waals surface area (Å²) >= 11 is 0. The van der Waals surface area contributed by atoms with Gasteiger partial charge in [-0.05, 0) is 149 Å². The molecule has 145 heavy (non-hydrogen) atoms. The van der Waals surface area contributed by atoms with E-state index < -0.39 is 182 Å². The zero-order valence-corrected chi connectivity index (χ0v) is 85.3. The van der Waals surface area contributed by atoms with E-state index >= 15 is 9.59 Å². The van der Waals surface area contributed by atoms with Crippen LogP contribution in [-0.4, -0.2) is 357 Å². The van der Waals surface area contributed by atoms with Gasteiger partial charge in [-0.2, -0.15) is 0 Å². The van der Waals surface area contributed by atoms with Crippen LogP contribution in [0, 0.1) is 0 Å². The third kappa shape index (κ3) is 35.6. The lowest BCUT2D eigenvalue weighted by Gasteiger charge is -2.33. The monoisotopic (exact) mass is 2020 g/mol. The van der Waals surface area contributed by atoms with Crippen LogP contribution in [0.5, 0.6) is 0 Å². The molecule has 0 aliphatic carbocycles. The van der Waals surface area contributed by atoms with Crippen molar-refractivity contribution in [1.82, 2.24) is 107 Å². The van der Waals surface area contributed by atoms with E-state index in [1.807, 2.05) is 55.5 Å². The number of hydrogen-bond donors (Lipinski definition) is 15. The number of carboxylic acids is 2. The summed E-state index contributed by atoms with van der Waals surface area (Å²) in [5.41, 5.74) is 5.66. The molecule has 5 heterocycles. The van der Waals surface area contributed by atoms with Crippen molar-refractivity contribution in [1.29, 1.82) is 0 Å². The summed E-state index contributed by atoms with van der Waals surface area (Å²) in [6, 6.07) is 12.2. The van der Waals surface area contributed by atoms with Crippen LogP contribution in [0.4, 0.5) is 11.4 Å². The van der Waals surface area contributed by atoms with Gasteiger partial charge in [0.1, 0.15) is 66.0 Å². The number of carboxylic acid groups (broad SMARTS) is 2. The zero-order valence-electron chi connectivity index (χ0n) is 85.3. The van der Waals surface area contributed by atoms with Crippen LogP contribution in [0.15, 0.2) is 84.9 Å². The number of amides is 13. The van der Waals surface area contributed by atoms with Gasteiger partial charge in [-0.3, -0.25) is 86.4 Å². The first-order valence-electron chi connectivity index (χ1n) is 50.5. The number of esters is 2. The number of imidazole rings is 2. The molecular weight excluding hydrogens is 1870 g/mol. The molecule has 0 spiro atoms. The number of likely N-dealkylation sites (N-methyl/N-ethyl adjacent to an activating group) is 3. The zero-order chi connectivity index (χ0) is 105. The molecule has 1 unspecified atom stereocenters. The van der Waals surface area contributed by atoms with E-state index in [0.717, 1.165) is 67.9 Å². The number of H-pyrrole nitrogens is 2. The molecule has 3 aliphatic rings. The van der Waals surface area contributed by atoms with Gasteiger partial charge in [0.25, 0.3) is 11.8 Å². The minimum atomic E-state index is -1.73. The highest BCUT2D eigenvalue weighted by atomic mass is 16.5. The predicted octanol–water partition coefficient (Wildman–Crippen LogP) is 3.45. The number of aromatic nitrogens is 4. The summed E-state index contributed by atoms with van der Waals surface area (Å²) in [5, 5.41) is 50.5. The number of anilines is 2. The van der Waals surface area contributed by atoms with E-state index in [1.165, 1.54) is 33.8 Å². The Balaban J connectivity index is 0.891. The van der Waals surface area contributed by atoms with Crippen molar-refractivity contribution >= 4 is 134 Å². The Morgan fingerprint density at radius 3 is 1.08 bits per heavy atom. The second-order valence-corrected chi connectivity index (χ2v) is 36.9. The predicted molar refractivity (Wildman–Crippen MR) is 540 cm³/mol. The molecule has 44 nitrogen and oxygen atoms in total. The van der Waals surface area contributed by atoms with E-state index in [0.29, 0.717) is 84.3 Å². The van der Waals surface area contributed by atoms with E-state index in [4.69, 9.17) is 9.47 Å². The molecule has 13 amide bonds. The van der Waals surface area contributed by atoms with Gasteiger partial charge >= 0.3 is 23.9 Å². The Morgan fingerprint density at radius 1 is 0.414 bits per heavy atom. The van der Waals surface area contributed by atoms with Crippen molar-refractivity contribution in [2.24, 2.45) is 0 Å². The fourth-order valence-electron chi connectivity index (χ4n) is 17.7. The van der Waals surface area contributed by atoms with Crippen molar-refractivity contribution in [3.05, 3.63) is 119 Å². The number of carbonyl (C=O) groups is 17. The summed E-state index contributed by atoms with van der Waals surface area (Å²) in [6.45, 7) is 21.8. The Labute approximate surface area is 845 Å². The fraction of sp³-hybridized carbons (Fsp3) is 0.574. The number of nitrogens with zero attached hydrogens (tertiary/aromatic N) is 10. The summed E-state index contributed by atoms with van der Waals surface area (Å²) in [7, 11) is 5.62. The number of carbonyl (C=O) groups excluding carboxylic acids is 15. The topological polar surface area (TPSA) is 565 Å². The number of para-hydroxylation sites is 4. The van der Waals surface area contributed by atoms with Crippen LogP contribution in [0.1, 0.15) is 208 Å². The van der Waals surface area contributed by atoms with Crippen LogP contribution in [0.25, 0.3) is 22.1 Å². The second kappa shape index (κ2) is 58.3. The summed E-state index contributed by atoms with van der Waals surface area (Å²) in [5.74, 6) is -12.1. The van der Waals surface area contributed by atoms with Gasteiger partial charge in [0.2, 0.25) is 65.0 Å². The Morgan fingerprint density at radius 2 is 0.738 bits per heavy atom. The molecule has 9 rings (SSSR count). The van der Waals surface area contributed by atoms with Gasteiger partial charge < -0.3 is 122 Å². The van der Waals surface area contributed by atoms with Gasteiger partial charge in [0, 0.05) is 147 Å². The number of nitrogens with one attached hydrogen (secondary N) is 13. The molecule has 0 radical (unpaired) electrons. The van der Waals surface area contributed by atoms with E-state index in [-0.39, 0.29) is 135 Å². The molecule has 4 aromatic carbocycles. The maximum absolute atomic E-state index is 15.2.